The Kier molecular flexibility index (Phi) is 3.37. The van der Waals surface area contributed by atoms with E-state index in [2.05, 4.69) is 5.32 Å². The number of carbonyl (C=O) groups excluding carboxylic acids is 2. The average Bonchev–Trinajstić information content (AvgIpc) is 3.01. The van der Waals surface area contributed by atoms with Gasteiger partial charge in [-0.1, -0.05) is 12.8 Å². The largest absolute Gasteiger partial charge is 0.378 e. The highest BCUT2D eigenvalue weighted by Gasteiger charge is 2.45. The van der Waals surface area contributed by atoms with Gasteiger partial charge in [0.1, 0.15) is 0 Å². The van der Waals surface area contributed by atoms with Crippen LogP contribution in [0, 0.1) is 17.8 Å². The molecule has 3 aliphatic rings. The van der Waals surface area contributed by atoms with Crippen molar-refractivity contribution < 1.29 is 14.3 Å². The van der Waals surface area contributed by atoms with Gasteiger partial charge >= 0.3 is 0 Å². The number of ether oxygens (including phenoxy) is 1. The molecule has 2 saturated heterocycles. The molecule has 0 aromatic carbocycles. The predicted octanol–water partition coefficient (Wildman–Crippen LogP) is 1.63. The zero-order valence-corrected chi connectivity index (χ0v) is 10.7. The van der Waals surface area contributed by atoms with Gasteiger partial charge < -0.3 is 4.74 Å². The first-order valence-electron chi connectivity index (χ1n) is 7.21. The molecule has 2 heterocycles. The van der Waals surface area contributed by atoms with Crippen LogP contribution >= 0.6 is 0 Å². The smallest absolute Gasteiger partial charge is 0.230 e. The summed E-state index contributed by atoms with van der Waals surface area (Å²) in [7, 11) is 0. The van der Waals surface area contributed by atoms with Crippen LogP contribution < -0.4 is 5.32 Å². The Morgan fingerprint density at radius 1 is 1.06 bits per heavy atom. The normalized spacial score (nSPS) is 38.1. The van der Waals surface area contributed by atoms with E-state index in [-0.39, 0.29) is 29.8 Å². The number of amides is 2. The average molecular weight is 251 g/mol. The van der Waals surface area contributed by atoms with Crippen molar-refractivity contribution in [2.75, 3.05) is 6.61 Å². The zero-order chi connectivity index (χ0) is 12.5. The fraction of sp³-hybridized carbons (Fsp3) is 0.857. The second kappa shape index (κ2) is 5.00. The first kappa shape index (κ1) is 12.2. The van der Waals surface area contributed by atoms with Gasteiger partial charge in [0.15, 0.2) is 0 Å². The van der Waals surface area contributed by atoms with E-state index in [1.807, 2.05) is 0 Å². The zero-order valence-electron chi connectivity index (χ0n) is 10.7. The van der Waals surface area contributed by atoms with E-state index >= 15 is 0 Å². The van der Waals surface area contributed by atoms with Crippen LogP contribution in [0.15, 0.2) is 0 Å². The van der Waals surface area contributed by atoms with Crippen molar-refractivity contribution in [1.29, 1.82) is 0 Å². The van der Waals surface area contributed by atoms with Crippen LogP contribution in [-0.2, 0) is 14.3 Å². The quantitative estimate of drug-likeness (QED) is 0.759. The van der Waals surface area contributed by atoms with E-state index < -0.39 is 0 Å². The minimum atomic E-state index is -0.116. The Hall–Kier alpha value is -0.900. The summed E-state index contributed by atoms with van der Waals surface area (Å²) in [4.78, 5) is 23.8. The molecular formula is C14H21NO3. The van der Waals surface area contributed by atoms with Crippen molar-refractivity contribution >= 4 is 11.8 Å². The summed E-state index contributed by atoms with van der Waals surface area (Å²) >= 11 is 0. The van der Waals surface area contributed by atoms with Crippen molar-refractivity contribution in [3.05, 3.63) is 0 Å². The fourth-order valence-electron chi connectivity index (χ4n) is 3.99. The third-order valence-electron chi connectivity index (χ3n) is 4.80. The van der Waals surface area contributed by atoms with Crippen LogP contribution in [0.4, 0.5) is 0 Å². The third-order valence-corrected chi connectivity index (χ3v) is 4.80. The number of hydrogen-bond acceptors (Lipinski definition) is 3. The lowest BCUT2D eigenvalue weighted by atomic mass is 9.73. The maximum absolute atomic E-state index is 12.2. The van der Waals surface area contributed by atoms with Gasteiger partial charge in [-0.2, -0.15) is 0 Å². The van der Waals surface area contributed by atoms with E-state index in [0.29, 0.717) is 12.3 Å². The van der Waals surface area contributed by atoms with Crippen LogP contribution in [0.3, 0.4) is 0 Å². The van der Waals surface area contributed by atoms with Gasteiger partial charge in [-0.05, 0) is 31.6 Å². The van der Waals surface area contributed by atoms with Crippen LogP contribution in [0.2, 0.25) is 0 Å². The van der Waals surface area contributed by atoms with Gasteiger partial charge in [0.05, 0.1) is 6.10 Å². The summed E-state index contributed by atoms with van der Waals surface area (Å²) in [5.41, 5.74) is 0. The molecular weight excluding hydrogens is 230 g/mol. The maximum atomic E-state index is 12.2. The molecule has 0 bridgehead atoms. The van der Waals surface area contributed by atoms with Crippen LogP contribution in [0.1, 0.15) is 44.9 Å². The molecule has 3 rings (SSSR count). The summed E-state index contributed by atoms with van der Waals surface area (Å²) < 4.78 is 5.75. The molecule has 3 unspecified atom stereocenters. The van der Waals surface area contributed by atoms with Gasteiger partial charge in [-0.3, -0.25) is 14.9 Å². The number of hydrogen-bond donors (Lipinski definition) is 1. The molecule has 4 heteroatoms. The first-order valence-corrected chi connectivity index (χ1v) is 7.21. The number of nitrogens with one attached hydrogen (secondary N) is 1. The SMILES string of the molecule is O=C1CC(C2CCCO2)C(C2CCCC2)C(=O)N1. The van der Waals surface area contributed by atoms with Crippen molar-refractivity contribution in [1.82, 2.24) is 5.32 Å². The Morgan fingerprint density at radius 3 is 2.50 bits per heavy atom. The molecule has 3 atom stereocenters. The molecule has 0 aromatic rings. The standard InChI is InChI=1S/C14H21NO3/c16-12-8-10(11-6-3-7-18-11)13(14(17)15-12)9-4-1-2-5-9/h9-11,13H,1-8H2,(H,15,16,17). The molecule has 0 radical (unpaired) electrons. The number of carbonyl (C=O) groups is 2. The topological polar surface area (TPSA) is 55.4 Å². The summed E-state index contributed by atoms with van der Waals surface area (Å²) in [6, 6.07) is 0. The molecule has 3 fully saturated rings. The second-order valence-corrected chi connectivity index (χ2v) is 5.90. The number of rotatable bonds is 2. The van der Waals surface area contributed by atoms with Gasteiger partial charge in [0, 0.05) is 24.9 Å². The predicted molar refractivity (Wildman–Crippen MR) is 65.7 cm³/mol. The fourth-order valence-corrected chi connectivity index (χ4v) is 3.99. The molecule has 4 nitrogen and oxygen atoms in total. The van der Waals surface area contributed by atoms with E-state index in [0.717, 1.165) is 32.3 Å². The second-order valence-electron chi connectivity index (χ2n) is 5.90. The summed E-state index contributed by atoms with van der Waals surface area (Å²) in [5, 5.41) is 2.53. The minimum Gasteiger partial charge on any atom is -0.378 e. The van der Waals surface area contributed by atoms with Crippen molar-refractivity contribution in [2.45, 2.75) is 51.0 Å². The number of piperidine rings is 1. The van der Waals surface area contributed by atoms with Crippen molar-refractivity contribution in [3.63, 3.8) is 0 Å². The molecule has 0 spiro atoms. The number of imide groups is 1. The Morgan fingerprint density at radius 2 is 1.83 bits per heavy atom. The molecule has 100 valence electrons. The van der Waals surface area contributed by atoms with Crippen LogP contribution in [-0.4, -0.2) is 24.5 Å². The summed E-state index contributed by atoms with van der Waals surface area (Å²) in [5.74, 6) is 0.436. The van der Waals surface area contributed by atoms with E-state index in [9.17, 15) is 9.59 Å². The molecule has 0 aromatic heterocycles. The highest BCUT2D eigenvalue weighted by atomic mass is 16.5. The summed E-state index contributed by atoms with van der Waals surface area (Å²) in [6.45, 7) is 0.786. The minimum absolute atomic E-state index is 0.00769. The van der Waals surface area contributed by atoms with E-state index in [1.54, 1.807) is 0 Å². The van der Waals surface area contributed by atoms with Crippen molar-refractivity contribution in [3.8, 4) is 0 Å². The molecule has 1 aliphatic carbocycles. The van der Waals surface area contributed by atoms with Gasteiger partial charge in [0.2, 0.25) is 11.8 Å². The highest BCUT2D eigenvalue weighted by molar-refractivity contribution is 5.99. The lowest BCUT2D eigenvalue weighted by Gasteiger charge is -2.36. The van der Waals surface area contributed by atoms with Crippen molar-refractivity contribution in [2.24, 2.45) is 17.8 Å². The monoisotopic (exact) mass is 251 g/mol. The van der Waals surface area contributed by atoms with Gasteiger partial charge in [0.25, 0.3) is 0 Å². The highest BCUT2D eigenvalue weighted by Crippen LogP contribution is 2.41. The molecule has 2 aliphatic heterocycles. The third kappa shape index (κ3) is 2.18. The molecule has 1 saturated carbocycles. The Balaban J connectivity index is 1.80. The first-order chi connectivity index (χ1) is 8.75. The Labute approximate surface area is 107 Å². The van der Waals surface area contributed by atoms with Crippen LogP contribution in [0.5, 0.6) is 0 Å². The molecule has 2 amide bonds. The summed E-state index contributed by atoms with van der Waals surface area (Å²) in [6.07, 6.45) is 7.39. The Bertz CT molecular complexity index is 343. The molecule has 18 heavy (non-hydrogen) atoms. The van der Waals surface area contributed by atoms with Crippen LogP contribution in [0.25, 0.3) is 0 Å². The molecule has 1 N–H and O–H groups in total. The van der Waals surface area contributed by atoms with Gasteiger partial charge in [-0.25, -0.2) is 0 Å². The maximum Gasteiger partial charge on any atom is 0.230 e. The lowest BCUT2D eigenvalue weighted by Crippen LogP contribution is -2.51. The van der Waals surface area contributed by atoms with E-state index in [1.165, 1.54) is 12.8 Å². The van der Waals surface area contributed by atoms with Gasteiger partial charge in [-0.15, -0.1) is 0 Å². The van der Waals surface area contributed by atoms with E-state index in [4.69, 9.17) is 4.74 Å². The lowest BCUT2D eigenvalue weighted by molar-refractivity contribution is -0.144.